The maximum atomic E-state index is 11.9. The Labute approximate surface area is 116 Å². The normalized spacial score (nSPS) is 12.8. The van der Waals surface area contributed by atoms with Gasteiger partial charge in [0.05, 0.1) is 18.0 Å². The van der Waals surface area contributed by atoms with Crippen LogP contribution in [0.25, 0.3) is 0 Å². The molecule has 0 saturated heterocycles. The molecule has 1 aromatic rings. The molecule has 0 atom stereocenters. The summed E-state index contributed by atoms with van der Waals surface area (Å²) in [6.07, 6.45) is 0. The Morgan fingerprint density at radius 1 is 1.25 bits per heavy atom. The maximum Gasteiger partial charge on any atom is 0.251 e. The van der Waals surface area contributed by atoms with Crippen molar-refractivity contribution in [2.24, 2.45) is 5.73 Å². The van der Waals surface area contributed by atoms with E-state index in [4.69, 9.17) is 10.5 Å². The highest BCUT2D eigenvalue weighted by Gasteiger charge is 2.11. The summed E-state index contributed by atoms with van der Waals surface area (Å²) in [5.74, 6) is -0.701. The van der Waals surface area contributed by atoms with Gasteiger partial charge in [0.25, 0.3) is 5.91 Å². The Balaban J connectivity index is 1.82. The average molecular weight is 278 g/mol. The Morgan fingerprint density at radius 2 is 2.00 bits per heavy atom. The van der Waals surface area contributed by atoms with Gasteiger partial charge in [-0.3, -0.25) is 9.59 Å². The lowest BCUT2D eigenvalue weighted by Crippen LogP contribution is -2.29. The number of amides is 2. The fourth-order valence-corrected chi connectivity index (χ4v) is 1.89. The van der Waals surface area contributed by atoms with Gasteiger partial charge in [0.15, 0.2) is 0 Å². The van der Waals surface area contributed by atoms with Crippen LogP contribution in [0.5, 0.6) is 0 Å². The van der Waals surface area contributed by atoms with Crippen molar-refractivity contribution in [3.05, 3.63) is 23.8 Å². The summed E-state index contributed by atoms with van der Waals surface area (Å²) >= 11 is 0. The van der Waals surface area contributed by atoms with E-state index in [1.807, 2.05) is 6.07 Å². The Bertz CT molecular complexity index is 504. The number of anilines is 2. The van der Waals surface area contributed by atoms with Crippen molar-refractivity contribution < 1.29 is 14.3 Å². The number of rotatable bonds is 6. The van der Waals surface area contributed by atoms with Crippen molar-refractivity contribution in [3.63, 3.8) is 0 Å². The maximum absolute atomic E-state index is 11.9. The topological polar surface area (TPSA) is 105 Å². The van der Waals surface area contributed by atoms with Crippen molar-refractivity contribution in [1.82, 2.24) is 5.32 Å². The molecular weight excluding hydrogens is 260 g/mol. The van der Waals surface area contributed by atoms with E-state index >= 15 is 0 Å². The van der Waals surface area contributed by atoms with Crippen LogP contribution < -0.4 is 21.7 Å². The third-order valence-electron chi connectivity index (χ3n) is 2.81. The van der Waals surface area contributed by atoms with Crippen LogP contribution in [0, 0.1) is 0 Å². The molecule has 0 radical (unpaired) electrons. The molecule has 1 aromatic carbocycles. The van der Waals surface area contributed by atoms with Crippen LogP contribution in [0.15, 0.2) is 18.2 Å². The minimum Gasteiger partial charge on any atom is -0.382 e. The number of benzene rings is 1. The summed E-state index contributed by atoms with van der Waals surface area (Å²) in [6.45, 7) is 2.15. The van der Waals surface area contributed by atoms with Gasteiger partial charge in [-0.15, -0.1) is 0 Å². The van der Waals surface area contributed by atoms with Crippen molar-refractivity contribution >= 4 is 23.2 Å². The molecule has 0 saturated carbocycles. The number of hydrogen-bond acceptors (Lipinski definition) is 5. The van der Waals surface area contributed by atoms with E-state index in [-0.39, 0.29) is 19.1 Å². The monoisotopic (exact) mass is 278 g/mol. The van der Waals surface area contributed by atoms with Crippen LogP contribution in [-0.2, 0) is 9.53 Å². The van der Waals surface area contributed by atoms with Gasteiger partial charge < -0.3 is 26.4 Å². The zero-order valence-corrected chi connectivity index (χ0v) is 11.1. The predicted octanol–water partition coefficient (Wildman–Crippen LogP) is -0.244. The quantitative estimate of drug-likeness (QED) is 0.537. The van der Waals surface area contributed by atoms with Gasteiger partial charge in [-0.2, -0.15) is 0 Å². The van der Waals surface area contributed by atoms with E-state index in [1.54, 1.807) is 12.1 Å². The lowest BCUT2D eigenvalue weighted by molar-refractivity contribution is -0.122. The van der Waals surface area contributed by atoms with Gasteiger partial charge in [-0.1, -0.05) is 0 Å². The van der Waals surface area contributed by atoms with Gasteiger partial charge in [0, 0.05) is 25.2 Å². The highest BCUT2D eigenvalue weighted by molar-refractivity contribution is 5.96. The smallest absolute Gasteiger partial charge is 0.251 e. The number of nitrogens with two attached hydrogens (primary N) is 1. The fraction of sp³-hybridized carbons (Fsp3) is 0.385. The zero-order chi connectivity index (χ0) is 14.4. The van der Waals surface area contributed by atoms with Gasteiger partial charge >= 0.3 is 0 Å². The van der Waals surface area contributed by atoms with Crippen LogP contribution in [0.3, 0.4) is 0 Å². The summed E-state index contributed by atoms with van der Waals surface area (Å²) < 4.78 is 4.96. The lowest BCUT2D eigenvalue weighted by atomic mass is 10.1. The second-order valence-corrected chi connectivity index (χ2v) is 4.39. The minimum atomic E-state index is -0.524. The van der Waals surface area contributed by atoms with Gasteiger partial charge in [0.1, 0.15) is 6.61 Å². The summed E-state index contributed by atoms with van der Waals surface area (Å²) in [7, 11) is 0. The molecule has 1 heterocycles. The molecule has 0 aliphatic carbocycles. The van der Waals surface area contributed by atoms with Crippen molar-refractivity contribution in [1.29, 1.82) is 0 Å². The first kappa shape index (κ1) is 14.1. The summed E-state index contributed by atoms with van der Waals surface area (Å²) in [5.41, 5.74) is 7.43. The van der Waals surface area contributed by atoms with E-state index in [9.17, 15) is 9.59 Å². The zero-order valence-electron chi connectivity index (χ0n) is 11.1. The molecule has 0 fully saturated rings. The number of nitrogens with one attached hydrogen (secondary N) is 3. The second-order valence-electron chi connectivity index (χ2n) is 4.39. The first-order valence-corrected chi connectivity index (χ1v) is 6.43. The van der Waals surface area contributed by atoms with Crippen LogP contribution in [0.1, 0.15) is 10.4 Å². The molecule has 1 aliphatic heterocycles. The van der Waals surface area contributed by atoms with E-state index < -0.39 is 5.91 Å². The van der Waals surface area contributed by atoms with Crippen molar-refractivity contribution in [2.75, 3.05) is 43.5 Å². The first-order valence-electron chi connectivity index (χ1n) is 6.43. The van der Waals surface area contributed by atoms with Crippen molar-refractivity contribution in [2.45, 2.75) is 0 Å². The summed E-state index contributed by atoms with van der Waals surface area (Å²) in [4.78, 5) is 22.4. The van der Waals surface area contributed by atoms with Gasteiger partial charge in [0.2, 0.25) is 5.91 Å². The predicted molar refractivity (Wildman–Crippen MR) is 75.8 cm³/mol. The molecule has 5 N–H and O–H groups in total. The molecule has 7 heteroatoms. The number of fused-ring (bicyclic) bond motifs is 1. The Hall–Kier alpha value is -2.28. The highest BCUT2D eigenvalue weighted by atomic mass is 16.5. The van der Waals surface area contributed by atoms with Crippen LogP contribution in [0.2, 0.25) is 0 Å². The SMILES string of the molecule is NC(=O)COCCNC(=O)c1ccc2c(c1)NCCN2. The molecule has 0 unspecified atom stereocenters. The summed E-state index contributed by atoms with van der Waals surface area (Å²) in [5, 5.41) is 9.18. The average Bonchev–Trinajstić information content (AvgIpc) is 2.46. The molecule has 0 bridgehead atoms. The number of carbonyl (C=O) groups excluding carboxylic acids is 2. The minimum absolute atomic E-state index is 0.135. The van der Waals surface area contributed by atoms with Crippen LogP contribution in [-0.4, -0.2) is 44.7 Å². The van der Waals surface area contributed by atoms with Gasteiger partial charge in [-0.25, -0.2) is 0 Å². The highest BCUT2D eigenvalue weighted by Crippen LogP contribution is 2.25. The molecular formula is C13H18N4O3. The van der Waals surface area contributed by atoms with E-state index in [1.165, 1.54) is 0 Å². The Kier molecular flexibility index (Phi) is 4.78. The van der Waals surface area contributed by atoms with Crippen molar-refractivity contribution in [3.8, 4) is 0 Å². The van der Waals surface area contributed by atoms with E-state index in [2.05, 4.69) is 16.0 Å². The molecule has 20 heavy (non-hydrogen) atoms. The van der Waals surface area contributed by atoms with E-state index in [0.717, 1.165) is 24.5 Å². The third-order valence-corrected chi connectivity index (χ3v) is 2.81. The Morgan fingerprint density at radius 3 is 2.75 bits per heavy atom. The van der Waals surface area contributed by atoms with Gasteiger partial charge in [-0.05, 0) is 18.2 Å². The second kappa shape index (κ2) is 6.76. The van der Waals surface area contributed by atoms with Crippen LogP contribution >= 0.6 is 0 Å². The molecule has 2 amide bonds. The molecule has 0 spiro atoms. The number of ether oxygens (including phenoxy) is 1. The fourth-order valence-electron chi connectivity index (χ4n) is 1.89. The third kappa shape index (κ3) is 3.86. The lowest BCUT2D eigenvalue weighted by Gasteiger charge is -2.20. The van der Waals surface area contributed by atoms with Crippen LogP contribution in [0.4, 0.5) is 11.4 Å². The number of primary amides is 1. The molecule has 7 nitrogen and oxygen atoms in total. The van der Waals surface area contributed by atoms with E-state index in [0.29, 0.717) is 12.1 Å². The molecule has 1 aliphatic rings. The number of hydrogen-bond donors (Lipinski definition) is 4. The number of carbonyl (C=O) groups is 2. The molecule has 0 aromatic heterocycles. The molecule has 2 rings (SSSR count). The first-order chi connectivity index (χ1) is 9.66. The summed E-state index contributed by atoms with van der Waals surface area (Å²) in [6, 6.07) is 5.44. The largest absolute Gasteiger partial charge is 0.382 e. The molecule has 108 valence electrons. The standard InChI is InChI=1S/C13H18N4O3/c14-12(18)8-20-6-5-17-13(19)9-1-2-10-11(7-9)16-4-3-15-10/h1-2,7,15-16H,3-6,8H2,(H2,14,18)(H,17,19).